The predicted octanol–water partition coefficient (Wildman–Crippen LogP) is 1.92. The molecule has 1 atom stereocenters. The number of nitrogens with two attached hydrogens (primary N) is 1. The van der Waals surface area contributed by atoms with E-state index in [1.165, 1.54) is 0 Å². The second kappa shape index (κ2) is 8.39. The van der Waals surface area contributed by atoms with Crippen molar-refractivity contribution in [3.8, 4) is 0 Å². The van der Waals surface area contributed by atoms with Crippen LogP contribution in [0, 0.1) is 0 Å². The maximum Gasteiger partial charge on any atom is 0.319 e. The lowest BCUT2D eigenvalue weighted by molar-refractivity contribution is -0.117. The monoisotopic (exact) mass is 300 g/mol. The molecule has 0 spiro atoms. The van der Waals surface area contributed by atoms with Gasteiger partial charge in [0.15, 0.2) is 0 Å². The van der Waals surface area contributed by atoms with Gasteiger partial charge in [-0.2, -0.15) is 0 Å². The molecule has 0 fully saturated rings. The van der Waals surface area contributed by atoms with E-state index in [0.717, 1.165) is 0 Å². The van der Waals surface area contributed by atoms with E-state index in [-0.39, 0.29) is 30.4 Å². The lowest BCUT2D eigenvalue weighted by Gasteiger charge is -2.11. The van der Waals surface area contributed by atoms with E-state index in [1.54, 1.807) is 31.2 Å². The molecule has 6 nitrogen and oxygen atoms in total. The van der Waals surface area contributed by atoms with Crippen LogP contribution >= 0.6 is 12.4 Å². The van der Waals surface area contributed by atoms with Crippen molar-refractivity contribution < 1.29 is 9.59 Å². The molecule has 1 aromatic carbocycles. The highest BCUT2D eigenvalue weighted by atomic mass is 35.5. The molecule has 3 amide bonds. The van der Waals surface area contributed by atoms with Crippen molar-refractivity contribution in [3.63, 3.8) is 0 Å². The molecule has 1 aromatic rings. The van der Waals surface area contributed by atoms with Crippen molar-refractivity contribution in [2.75, 3.05) is 10.6 Å². The fraction of sp³-hybridized carbons (Fsp3) is 0.385. The zero-order valence-corrected chi connectivity index (χ0v) is 12.6. The summed E-state index contributed by atoms with van der Waals surface area (Å²) in [6, 6.07) is 6.06. The maximum atomic E-state index is 11.5. The molecule has 0 saturated carbocycles. The average molecular weight is 301 g/mol. The van der Waals surface area contributed by atoms with Crippen LogP contribution in [0.1, 0.15) is 20.8 Å². The molecule has 0 aliphatic carbocycles. The van der Waals surface area contributed by atoms with Gasteiger partial charge < -0.3 is 21.7 Å². The van der Waals surface area contributed by atoms with Crippen LogP contribution in [0.2, 0.25) is 0 Å². The molecular weight excluding hydrogens is 280 g/mol. The number of amides is 3. The molecule has 0 radical (unpaired) electrons. The number of nitrogens with one attached hydrogen (secondary N) is 3. The standard InChI is InChI=1S/C13H20N4O2.ClH/c1-8(2)15-13(19)17-11-6-4-10(5-7-11)16-12(18)9(3)14;/h4-9H,14H2,1-3H3,(H,16,18)(H2,15,17,19);1H/t9-;/m0./s1. The largest absolute Gasteiger partial charge is 0.336 e. The molecule has 112 valence electrons. The molecule has 0 aliphatic rings. The SMILES string of the molecule is CC(C)NC(=O)Nc1ccc(NC(=O)[C@H](C)N)cc1.Cl. The van der Waals surface area contributed by atoms with Crippen LogP contribution in [-0.4, -0.2) is 24.0 Å². The van der Waals surface area contributed by atoms with E-state index in [2.05, 4.69) is 16.0 Å². The normalized spacial score (nSPS) is 11.2. The number of hydrogen-bond acceptors (Lipinski definition) is 3. The van der Waals surface area contributed by atoms with Crippen LogP contribution in [0.4, 0.5) is 16.2 Å². The summed E-state index contributed by atoms with van der Waals surface area (Å²) in [7, 11) is 0. The van der Waals surface area contributed by atoms with Gasteiger partial charge in [-0.25, -0.2) is 4.79 Å². The Morgan fingerprint density at radius 3 is 1.85 bits per heavy atom. The van der Waals surface area contributed by atoms with E-state index in [9.17, 15) is 9.59 Å². The fourth-order valence-electron chi connectivity index (χ4n) is 1.32. The van der Waals surface area contributed by atoms with Crippen molar-refractivity contribution in [2.45, 2.75) is 32.9 Å². The van der Waals surface area contributed by atoms with Gasteiger partial charge >= 0.3 is 6.03 Å². The molecule has 0 saturated heterocycles. The Kier molecular flexibility index (Phi) is 7.64. The zero-order chi connectivity index (χ0) is 14.4. The Balaban J connectivity index is 0.00000361. The molecule has 20 heavy (non-hydrogen) atoms. The number of rotatable bonds is 4. The highest BCUT2D eigenvalue weighted by molar-refractivity contribution is 5.95. The van der Waals surface area contributed by atoms with E-state index in [0.29, 0.717) is 11.4 Å². The fourth-order valence-corrected chi connectivity index (χ4v) is 1.32. The quantitative estimate of drug-likeness (QED) is 0.684. The molecule has 0 unspecified atom stereocenters. The van der Waals surface area contributed by atoms with Crippen LogP contribution < -0.4 is 21.7 Å². The Morgan fingerprint density at radius 1 is 1.00 bits per heavy atom. The minimum atomic E-state index is -0.561. The Hall–Kier alpha value is -1.79. The van der Waals surface area contributed by atoms with Gasteiger partial charge in [-0.3, -0.25) is 4.79 Å². The third-order valence-electron chi connectivity index (χ3n) is 2.24. The molecule has 0 aliphatic heterocycles. The van der Waals surface area contributed by atoms with Crippen molar-refractivity contribution >= 4 is 35.7 Å². The van der Waals surface area contributed by atoms with Crippen LogP contribution in [0.25, 0.3) is 0 Å². The van der Waals surface area contributed by atoms with Crippen LogP contribution in [-0.2, 0) is 4.79 Å². The minimum absolute atomic E-state index is 0. The first kappa shape index (κ1) is 18.2. The van der Waals surface area contributed by atoms with Crippen molar-refractivity contribution in [1.29, 1.82) is 0 Å². The van der Waals surface area contributed by atoms with E-state index >= 15 is 0 Å². The lowest BCUT2D eigenvalue weighted by atomic mass is 10.2. The summed E-state index contributed by atoms with van der Waals surface area (Å²) in [6.07, 6.45) is 0. The predicted molar refractivity (Wildman–Crippen MR) is 83.3 cm³/mol. The summed E-state index contributed by atoms with van der Waals surface area (Å²) in [6.45, 7) is 5.37. The number of carbonyl (C=O) groups is 2. The van der Waals surface area contributed by atoms with Gasteiger partial charge in [0.25, 0.3) is 0 Å². The van der Waals surface area contributed by atoms with Crippen molar-refractivity contribution in [1.82, 2.24) is 5.32 Å². The summed E-state index contributed by atoms with van der Waals surface area (Å²) in [5, 5.41) is 8.07. The highest BCUT2D eigenvalue weighted by Gasteiger charge is 2.07. The first-order valence-electron chi connectivity index (χ1n) is 6.12. The topological polar surface area (TPSA) is 96.2 Å². The average Bonchev–Trinajstić information content (AvgIpc) is 2.30. The molecule has 0 aromatic heterocycles. The summed E-state index contributed by atoms with van der Waals surface area (Å²) in [5.74, 6) is -0.252. The first-order chi connectivity index (χ1) is 8.88. The number of halogens is 1. The maximum absolute atomic E-state index is 11.5. The van der Waals surface area contributed by atoms with Gasteiger partial charge in [0.2, 0.25) is 5.91 Å². The van der Waals surface area contributed by atoms with Crippen molar-refractivity contribution in [3.05, 3.63) is 24.3 Å². The number of hydrogen-bond donors (Lipinski definition) is 4. The first-order valence-corrected chi connectivity index (χ1v) is 6.12. The Bertz CT molecular complexity index is 446. The van der Waals surface area contributed by atoms with Gasteiger partial charge in [-0.15, -0.1) is 12.4 Å². The van der Waals surface area contributed by atoms with Gasteiger partial charge in [-0.1, -0.05) is 0 Å². The highest BCUT2D eigenvalue weighted by Crippen LogP contribution is 2.13. The summed E-state index contributed by atoms with van der Waals surface area (Å²) >= 11 is 0. The third-order valence-corrected chi connectivity index (χ3v) is 2.24. The zero-order valence-electron chi connectivity index (χ0n) is 11.8. The summed E-state index contributed by atoms with van der Waals surface area (Å²) in [5.41, 5.74) is 6.73. The van der Waals surface area contributed by atoms with E-state index in [1.807, 2.05) is 13.8 Å². The molecule has 5 N–H and O–H groups in total. The Labute approximate surface area is 124 Å². The second-order valence-electron chi connectivity index (χ2n) is 4.61. The molecular formula is C13H21ClN4O2. The van der Waals surface area contributed by atoms with Gasteiger partial charge in [0.1, 0.15) is 0 Å². The summed E-state index contributed by atoms with van der Waals surface area (Å²) in [4.78, 5) is 22.8. The van der Waals surface area contributed by atoms with Crippen LogP contribution in [0.15, 0.2) is 24.3 Å². The third kappa shape index (κ3) is 6.40. The van der Waals surface area contributed by atoms with Gasteiger partial charge in [0.05, 0.1) is 6.04 Å². The smallest absolute Gasteiger partial charge is 0.319 e. The summed E-state index contributed by atoms with van der Waals surface area (Å²) < 4.78 is 0. The molecule has 1 rings (SSSR count). The van der Waals surface area contributed by atoms with E-state index in [4.69, 9.17) is 5.73 Å². The molecule has 0 heterocycles. The number of urea groups is 1. The van der Waals surface area contributed by atoms with Crippen LogP contribution in [0.5, 0.6) is 0 Å². The van der Waals surface area contributed by atoms with E-state index < -0.39 is 6.04 Å². The van der Waals surface area contributed by atoms with Crippen LogP contribution in [0.3, 0.4) is 0 Å². The van der Waals surface area contributed by atoms with Crippen molar-refractivity contribution in [2.24, 2.45) is 5.73 Å². The lowest BCUT2D eigenvalue weighted by Crippen LogP contribution is -2.34. The second-order valence-corrected chi connectivity index (χ2v) is 4.61. The number of benzene rings is 1. The Morgan fingerprint density at radius 2 is 1.45 bits per heavy atom. The number of anilines is 2. The van der Waals surface area contributed by atoms with Gasteiger partial charge in [-0.05, 0) is 45.0 Å². The molecule has 7 heteroatoms. The number of carbonyl (C=O) groups excluding carboxylic acids is 2. The molecule has 0 bridgehead atoms. The minimum Gasteiger partial charge on any atom is -0.336 e. The van der Waals surface area contributed by atoms with Gasteiger partial charge in [0, 0.05) is 17.4 Å².